The lowest BCUT2D eigenvalue weighted by Crippen LogP contribution is -2.52. The number of hydrogen-bond acceptors (Lipinski definition) is 5. The third-order valence-corrected chi connectivity index (χ3v) is 3.69. The van der Waals surface area contributed by atoms with Gasteiger partial charge in [-0.25, -0.2) is 14.8 Å². The summed E-state index contributed by atoms with van der Waals surface area (Å²) in [5.74, 6) is 0.924. The number of piperazine rings is 1. The summed E-state index contributed by atoms with van der Waals surface area (Å²) in [4.78, 5) is 23.4. The van der Waals surface area contributed by atoms with Gasteiger partial charge in [0.05, 0.1) is 6.04 Å². The molecule has 1 unspecified atom stereocenters. The molecule has 2 saturated heterocycles. The van der Waals surface area contributed by atoms with Crippen molar-refractivity contribution in [2.75, 3.05) is 36.8 Å². The second-order valence-corrected chi connectivity index (χ2v) is 4.75. The number of carbonyl (C=O) groups excluding carboxylic acids is 1. The van der Waals surface area contributed by atoms with E-state index in [1.807, 2.05) is 9.80 Å². The number of halogens is 1. The second-order valence-electron chi connectivity index (χ2n) is 4.38. The Hall–Kier alpha value is -1.76. The smallest absolute Gasteiger partial charge is 0.317 e. The number of rotatable bonds is 1. The lowest BCUT2D eigenvalue weighted by atomic mass is 10.2. The molecule has 2 fully saturated rings. The van der Waals surface area contributed by atoms with E-state index in [0.717, 1.165) is 0 Å². The van der Waals surface area contributed by atoms with Crippen LogP contribution in [0.4, 0.5) is 16.4 Å². The number of nitrogens with two attached hydrogens (primary N) is 1. The third-order valence-electron chi connectivity index (χ3n) is 3.33. The van der Waals surface area contributed by atoms with Gasteiger partial charge in [0.15, 0.2) is 5.82 Å². The molecule has 2 aliphatic rings. The molecular weight excluding hydrogens is 256 g/mol. The highest BCUT2D eigenvalue weighted by Crippen LogP contribution is 2.29. The van der Waals surface area contributed by atoms with Gasteiger partial charge >= 0.3 is 6.03 Å². The highest BCUT2D eigenvalue weighted by atomic mass is 35.5. The van der Waals surface area contributed by atoms with Crippen molar-refractivity contribution in [2.24, 2.45) is 0 Å². The number of aromatic nitrogens is 2. The van der Waals surface area contributed by atoms with Crippen molar-refractivity contribution in [3.8, 4) is 0 Å². The summed E-state index contributed by atoms with van der Waals surface area (Å²) in [5.41, 5.74) is 5.67. The molecule has 0 radical (unpaired) electrons. The molecule has 0 aliphatic carbocycles. The second kappa shape index (κ2) is 4.16. The number of amides is 2. The maximum atomic E-state index is 11.5. The Morgan fingerprint density at radius 2 is 2.28 bits per heavy atom. The first-order valence-electron chi connectivity index (χ1n) is 5.72. The molecule has 3 heterocycles. The Morgan fingerprint density at radius 1 is 1.44 bits per heavy atom. The van der Waals surface area contributed by atoms with E-state index in [9.17, 15) is 4.79 Å². The van der Waals surface area contributed by atoms with E-state index >= 15 is 0 Å². The standard InChI is InChI=1S/C10H13ClN6O/c11-7-8(12)14-5-15-9(7)16-1-2-17-6(4-16)3-13-10(17)18/h5-6H,1-4H2,(H,13,18)(H2,12,14,15). The number of nitrogens with one attached hydrogen (secondary N) is 1. The first kappa shape index (κ1) is 11.3. The number of nitrogens with zero attached hydrogens (tertiary/aromatic N) is 4. The van der Waals surface area contributed by atoms with Crippen LogP contribution in [0.15, 0.2) is 6.33 Å². The van der Waals surface area contributed by atoms with Crippen LogP contribution in [0, 0.1) is 0 Å². The average Bonchev–Trinajstić information content (AvgIpc) is 2.74. The largest absolute Gasteiger partial charge is 0.382 e. The van der Waals surface area contributed by atoms with E-state index in [1.54, 1.807) is 0 Å². The minimum Gasteiger partial charge on any atom is -0.382 e. The number of nitrogen functional groups attached to an aromatic ring is 1. The van der Waals surface area contributed by atoms with Crippen molar-refractivity contribution in [3.63, 3.8) is 0 Å². The van der Waals surface area contributed by atoms with E-state index in [4.69, 9.17) is 17.3 Å². The molecule has 2 amide bonds. The van der Waals surface area contributed by atoms with Crippen molar-refractivity contribution in [1.29, 1.82) is 0 Å². The number of urea groups is 1. The Balaban J connectivity index is 1.83. The maximum absolute atomic E-state index is 11.5. The highest BCUT2D eigenvalue weighted by molar-refractivity contribution is 6.35. The van der Waals surface area contributed by atoms with E-state index in [-0.39, 0.29) is 17.9 Å². The number of hydrogen-bond donors (Lipinski definition) is 2. The van der Waals surface area contributed by atoms with Gasteiger partial charge in [-0.3, -0.25) is 0 Å². The van der Waals surface area contributed by atoms with Crippen LogP contribution in [-0.4, -0.2) is 53.1 Å². The Bertz CT molecular complexity index is 495. The molecule has 0 bridgehead atoms. The fourth-order valence-electron chi connectivity index (χ4n) is 2.39. The lowest BCUT2D eigenvalue weighted by molar-refractivity contribution is 0.197. The Kier molecular flexibility index (Phi) is 2.62. The van der Waals surface area contributed by atoms with E-state index in [0.29, 0.717) is 37.0 Å². The zero-order valence-electron chi connectivity index (χ0n) is 9.64. The summed E-state index contributed by atoms with van der Waals surface area (Å²) in [7, 11) is 0. The van der Waals surface area contributed by atoms with Crippen LogP contribution in [0.1, 0.15) is 0 Å². The highest BCUT2D eigenvalue weighted by Gasteiger charge is 2.36. The molecule has 0 spiro atoms. The minimum absolute atomic E-state index is 0.00736. The van der Waals surface area contributed by atoms with Crippen LogP contribution in [0.5, 0.6) is 0 Å². The molecule has 1 atom stereocenters. The van der Waals surface area contributed by atoms with Gasteiger partial charge in [-0.1, -0.05) is 11.6 Å². The summed E-state index contributed by atoms with van der Waals surface area (Å²) in [6, 6.07) is 0.173. The zero-order chi connectivity index (χ0) is 12.7. The van der Waals surface area contributed by atoms with Gasteiger partial charge in [-0.2, -0.15) is 0 Å². The SMILES string of the molecule is Nc1ncnc(N2CCN3C(=O)NCC3C2)c1Cl. The quantitative estimate of drug-likeness (QED) is 0.744. The van der Waals surface area contributed by atoms with Crippen LogP contribution in [0.2, 0.25) is 5.02 Å². The fourth-order valence-corrected chi connectivity index (χ4v) is 2.61. The van der Waals surface area contributed by atoms with Gasteiger partial charge in [0.1, 0.15) is 17.2 Å². The molecule has 0 aromatic carbocycles. The summed E-state index contributed by atoms with van der Waals surface area (Å²) >= 11 is 6.11. The van der Waals surface area contributed by atoms with Crippen LogP contribution in [0.25, 0.3) is 0 Å². The van der Waals surface area contributed by atoms with E-state index in [2.05, 4.69) is 15.3 Å². The minimum atomic E-state index is 0.00736. The van der Waals surface area contributed by atoms with Gasteiger partial charge in [-0.05, 0) is 0 Å². The predicted molar refractivity (Wildman–Crippen MR) is 67.6 cm³/mol. The van der Waals surface area contributed by atoms with Gasteiger partial charge in [0, 0.05) is 26.2 Å². The predicted octanol–water partition coefficient (Wildman–Crippen LogP) is -0.0740. The zero-order valence-corrected chi connectivity index (χ0v) is 10.4. The molecule has 1 aromatic rings. The number of carbonyl (C=O) groups is 1. The normalized spacial score (nSPS) is 22.9. The van der Waals surface area contributed by atoms with Gasteiger partial charge in [0.2, 0.25) is 0 Å². The molecule has 2 aliphatic heterocycles. The Morgan fingerprint density at radius 3 is 3.11 bits per heavy atom. The summed E-state index contributed by atoms with van der Waals surface area (Å²) in [6.45, 7) is 2.72. The molecule has 8 heteroatoms. The summed E-state index contributed by atoms with van der Waals surface area (Å²) < 4.78 is 0. The van der Waals surface area contributed by atoms with Crippen LogP contribution >= 0.6 is 11.6 Å². The molecular formula is C10H13ClN6O. The lowest BCUT2D eigenvalue weighted by Gasteiger charge is -2.37. The van der Waals surface area contributed by atoms with Gasteiger partial charge in [-0.15, -0.1) is 0 Å². The molecule has 1 aromatic heterocycles. The fraction of sp³-hybridized carbons (Fsp3) is 0.500. The van der Waals surface area contributed by atoms with E-state index < -0.39 is 0 Å². The molecule has 3 N–H and O–H groups in total. The molecule has 0 saturated carbocycles. The molecule has 18 heavy (non-hydrogen) atoms. The van der Waals surface area contributed by atoms with Crippen molar-refractivity contribution in [3.05, 3.63) is 11.3 Å². The molecule has 3 rings (SSSR count). The van der Waals surface area contributed by atoms with Crippen molar-refractivity contribution in [2.45, 2.75) is 6.04 Å². The monoisotopic (exact) mass is 268 g/mol. The van der Waals surface area contributed by atoms with Crippen LogP contribution in [0.3, 0.4) is 0 Å². The number of anilines is 2. The molecule has 7 nitrogen and oxygen atoms in total. The topological polar surface area (TPSA) is 87.4 Å². The van der Waals surface area contributed by atoms with E-state index in [1.165, 1.54) is 6.33 Å². The van der Waals surface area contributed by atoms with Gasteiger partial charge < -0.3 is 20.9 Å². The van der Waals surface area contributed by atoms with Crippen LogP contribution < -0.4 is 16.0 Å². The first-order valence-corrected chi connectivity index (χ1v) is 6.10. The number of fused-ring (bicyclic) bond motifs is 1. The maximum Gasteiger partial charge on any atom is 0.317 e. The van der Waals surface area contributed by atoms with Crippen molar-refractivity contribution < 1.29 is 4.79 Å². The third kappa shape index (κ3) is 1.71. The Labute approximate surface area is 109 Å². The average molecular weight is 269 g/mol. The van der Waals surface area contributed by atoms with Crippen LogP contribution in [-0.2, 0) is 0 Å². The first-order chi connectivity index (χ1) is 8.66. The van der Waals surface area contributed by atoms with Crippen molar-refractivity contribution >= 4 is 29.3 Å². The van der Waals surface area contributed by atoms with Crippen molar-refractivity contribution in [1.82, 2.24) is 20.2 Å². The van der Waals surface area contributed by atoms with Gasteiger partial charge in [0.25, 0.3) is 0 Å². The summed E-state index contributed by atoms with van der Waals surface area (Å²) in [6.07, 6.45) is 1.40. The molecule has 96 valence electrons. The summed E-state index contributed by atoms with van der Waals surface area (Å²) in [5, 5.41) is 3.21.